The molecule has 3 aromatic rings. The van der Waals surface area contributed by atoms with Gasteiger partial charge in [-0.3, -0.25) is 0 Å². The Hall–Kier alpha value is -3.54. The quantitative estimate of drug-likeness (QED) is 0.626. The Morgan fingerprint density at radius 1 is 0.839 bits per heavy atom. The van der Waals surface area contributed by atoms with Gasteiger partial charge in [-0.25, -0.2) is 0 Å². The van der Waals surface area contributed by atoms with Gasteiger partial charge in [0.1, 0.15) is 5.75 Å². The summed E-state index contributed by atoms with van der Waals surface area (Å²) in [7, 11) is 3.33. The van der Waals surface area contributed by atoms with Crippen molar-refractivity contribution in [1.29, 1.82) is 0 Å². The Labute approximate surface area is 181 Å². The molecule has 0 aliphatic carbocycles. The van der Waals surface area contributed by atoms with Gasteiger partial charge >= 0.3 is 0 Å². The molecule has 0 aromatic heterocycles. The van der Waals surface area contributed by atoms with Crippen LogP contribution in [0.15, 0.2) is 60.7 Å². The highest BCUT2D eigenvalue weighted by atomic mass is 16.7. The Kier molecular flexibility index (Phi) is 4.98. The number of benzene rings is 3. The van der Waals surface area contributed by atoms with Crippen LogP contribution < -0.4 is 29.0 Å². The minimum Gasteiger partial charge on any atom is -0.493 e. The fourth-order valence-corrected chi connectivity index (χ4v) is 4.45. The van der Waals surface area contributed by atoms with Crippen molar-refractivity contribution in [3.05, 3.63) is 71.8 Å². The normalized spacial score (nSPS) is 21.1. The predicted molar refractivity (Wildman–Crippen MR) is 118 cm³/mol. The molecule has 0 fully saturated rings. The highest BCUT2D eigenvalue weighted by Crippen LogP contribution is 2.51. The predicted octanol–water partition coefficient (Wildman–Crippen LogP) is 5.03. The zero-order valence-corrected chi connectivity index (χ0v) is 17.8. The first-order valence-electron chi connectivity index (χ1n) is 10.3. The van der Waals surface area contributed by atoms with Gasteiger partial charge in [-0.05, 0) is 24.3 Å². The lowest BCUT2D eigenvalue weighted by atomic mass is 9.78. The highest BCUT2D eigenvalue weighted by Gasteiger charge is 2.40. The number of fused-ring (bicyclic) bond motifs is 2. The Bertz CT molecular complexity index is 1080. The lowest BCUT2D eigenvalue weighted by Gasteiger charge is -2.39. The number of anilines is 1. The number of para-hydroxylation sites is 2. The minimum atomic E-state index is -0.254. The molecule has 0 saturated carbocycles. The van der Waals surface area contributed by atoms with Crippen molar-refractivity contribution >= 4 is 5.69 Å². The molecule has 0 radical (unpaired) electrons. The number of ether oxygens (including phenoxy) is 5. The SMILES string of the molecule is COc1cccc(C2c3cc4c(cc3OC(Nc3ccccc3)C2C)OCO4)c1OC. The van der Waals surface area contributed by atoms with Crippen LogP contribution in [0.1, 0.15) is 24.0 Å². The van der Waals surface area contributed by atoms with Crippen LogP contribution in [0.4, 0.5) is 5.69 Å². The minimum absolute atomic E-state index is 0.00971. The molecule has 3 aromatic carbocycles. The maximum absolute atomic E-state index is 6.44. The molecule has 3 atom stereocenters. The van der Waals surface area contributed by atoms with Crippen LogP contribution in [-0.4, -0.2) is 27.2 Å². The highest BCUT2D eigenvalue weighted by molar-refractivity contribution is 5.60. The van der Waals surface area contributed by atoms with E-state index in [1.165, 1.54) is 0 Å². The topological polar surface area (TPSA) is 58.2 Å². The smallest absolute Gasteiger partial charge is 0.231 e. The van der Waals surface area contributed by atoms with Crippen molar-refractivity contribution in [2.75, 3.05) is 26.3 Å². The van der Waals surface area contributed by atoms with Gasteiger partial charge in [0.25, 0.3) is 0 Å². The van der Waals surface area contributed by atoms with Crippen molar-refractivity contribution in [3.63, 3.8) is 0 Å². The summed E-state index contributed by atoms with van der Waals surface area (Å²) in [6, 6.07) is 20.0. The van der Waals surface area contributed by atoms with Crippen molar-refractivity contribution in [2.24, 2.45) is 5.92 Å². The summed E-state index contributed by atoms with van der Waals surface area (Å²) < 4.78 is 29.1. The van der Waals surface area contributed by atoms with Crippen molar-refractivity contribution in [2.45, 2.75) is 19.1 Å². The molecule has 3 unspecified atom stereocenters. The molecule has 160 valence electrons. The maximum atomic E-state index is 6.44. The van der Waals surface area contributed by atoms with E-state index in [2.05, 4.69) is 18.3 Å². The number of hydrogen-bond acceptors (Lipinski definition) is 6. The van der Waals surface area contributed by atoms with Crippen LogP contribution in [0.2, 0.25) is 0 Å². The van der Waals surface area contributed by atoms with Gasteiger partial charge in [0.05, 0.1) is 14.2 Å². The van der Waals surface area contributed by atoms with Crippen LogP contribution in [-0.2, 0) is 0 Å². The third kappa shape index (κ3) is 3.38. The zero-order chi connectivity index (χ0) is 21.4. The molecule has 2 aliphatic heterocycles. The second-order valence-corrected chi connectivity index (χ2v) is 7.71. The fourth-order valence-electron chi connectivity index (χ4n) is 4.45. The molecule has 1 N–H and O–H groups in total. The molecule has 0 spiro atoms. The molecule has 2 aliphatic rings. The van der Waals surface area contributed by atoms with Crippen molar-refractivity contribution < 1.29 is 23.7 Å². The van der Waals surface area contributed by atoms with Gasteiger partial charge in [-0.15, -0.1) is 0 Å². The lowest BCUT2D eigenvalue weighted by Crippen LogP contribution is -2.40. The third-order valence-electron chi connectivity index (χ3n) is 5.95. The summed E-state index contributed by atoms with van der Waals surface area (Å²) >= 11 is 0. The van der Waals surface area contributed by atoms with Crippen molar-refractivity contribution in [1.82, 2.24) is 0 Å². The molecule has 2 heterocycles. The van der Waals surface area contributed by atoms with E-state index >= 15 is 0 Å². The van der Waals surface area contributed by atoms with Crippen LogP contribution in [0.3, 0.4) is 0 Å². The summed E-state index contributed by atoms with van der Waals surface area (Å²) in [5.41, 5.74) is 3.08. The molecule has 0 saturated heterocycles. The first kappa shape index (κ1) is 19.4. The Morgan fingerprint density at radius 2 is 1.61 bits per heavy atom. The lowest BCUT2D eigenvalue weighted by molar-refractivity contribution is 0.133. The number of nitrogens with one attached hydrogen (secondary N) is 1. The monoisotopic (exact) mass is 419 g/mol. The van der Waals surface area contributed by atoms with E-state index in [1.54, 1.807) is 14.2 Å². The van der Waals surface area contributed by atoms with Gasteiger partial charge in [-0.1, -0.05) is 37.3 Å². The molecule has 31 heavy (non-hydrogen) atoms. The molecule has 0 bridgehead atoms. The first-order chi connectivity index (χ1) is 15.2. The van der Waals surface area contributed by atoms with E-state index in [1.807, 2.05) is 54.6 Å². The Morgan fingerprint density at radius 3 is 2.35 bits per heavy atom. The largest absolute Gasteiger partial charge is 0.493 e. The molecule has 0 amide bonds. The average molecular weight is 419 g/mol. The Balaban J connectivity index is 1.63. The molecular weight excluding hydrogens is 394 g/mol. The first-order valence-corrected chi connectivity index (χ1v) is 10.3. The molecule has 6 nitrogen and oxygen atoms in total. The summed E-state index contributed by atoms with van der Waals surface area (Å²) in [5.74, 6) is 3.70. The van der Waals surface area contributed by atoms with Crippen molar-refractivity contribution in [3.8, 4) is 28.7 Å². The van der Waals surface area contributed by atoms with E-state index in [9.17, 15) is 0 Å². The van der Waals surface area contributed by atoms with Crippen LogP contribution in [0.5, 0.6) is 28.7 Å². The maximum Gasteiger partial charge on any atom is 0.231 e. The molecular formula is C25H25NO5. The van der Waals surface area contributed by atoms with E-state index in [0.29, 0.717) is 11.5 Å². The van der Waals surface area contributed by atoms with Gasteiger partial charge in [0, 0.05) is 34.7 Å². The van der Waals surface area contributed by atoms with Gasteiger partial charge < -0.3 is 29.0 Å². The summed E-state index contributed by atoms with van der Waals surface area (Å²) in [6.07, 6.45) is -0.254. The average Bonchev–Trinajstić information content (AvgIpc) is 3.26. The number of rotatable bonds is 5. The molecule has 6 heteroatoms. The van der Waals surface area contributed by atoms with Gasteiger partial charge in [0.15, 0.2) is 29.2 Å². The number of hydrogen-bond donors (Lipinski definition) is 1. The van der Waals surface area contributed by atoms with Gasteiger partial charge in [0.2, 0.25) is 6.79 Å². The van der Waals surface area contributed by atoms with E-state index in [-0.39, 0.29) is 24.9 Å². The second-order valence-electron chi connectivity index (χ2n) is 7.71. The summed E-state index contributed by atoms with van der Waals surface area (Å²) in [4.78, 5) is 0. The van der Waals surface area contributed by atoms with E-state index in [0.717, 1.165) is 34.1 Å². The molecule has 5 rings (SSSR count). The zero-order valence-electron chi connectivity index (χ0n) is 17.8. The fraction of sp³-hybridized carbons (Fsp3) is 0.280. The van der Waals surface area contributed by atoms with E-state index < -0.39 is 0 Å². The standard InChI is InChI=1S/C25H25NO5/c1-15-23(17-10-7-11-19(27-2)24(17)28-3)18-12-21-22(30-14-29-21)13-20(18)31-25(15)26-16-8-5-4-6-9-16/h4-13,15,23,25-26H,14H2,1-3H3. The summed E-state index contributed by atoms with van der Waals surface area (Å²) in [6.45, 7) is 2.39. The van der Waals surface area contributed by atoms with Crippen LogP contribution >= 0.6 is 0 Å². The number of methoxy groups -OCH3 is 2. The second kappa shape index (κ2) is 7.95. The van der Waals surface area contributed by atoms with E-state index in [4.69, 9.17) is 23.7 Å². The van der Waals surface area contributed by atoms with Gasteiger partial charge in [-0.2, -0.15) is 0 Å². The third-order valence-corrected chi connectivity index (χ3v) is 5.95. The van der Waals surface area contributed by atoms with Crippen LogP contribution in [0, 0.1) is 5.92 Å². The van der Waals surface area contributed by atoms with Crippen LogP contribution in [0.25, 0.3) is 0 Å². The summed E-state index contributed by atoms with van der Waals surface area (Å²) in [5, 5.41) is 3.54.